The Labute approximate surface area is 101 Å². The molecule has 1 heteroatoms. The van der Waals surface area contributed by atoms with Crippen molar-refractivity contribution < 1.29 is 14.1 Å². The zero-order valence-electron chi connectivity index (χ0n) is 9.23. The first-order valence-electron chi connectivity index (χ1n) is 5.76. The Morgan fingerprint density at radius 1 is 0.625 bits per heavy atom. The number of hydrogen-bond acceptors (Lipinski definition) is 0. The van der Waals surface area contributed by atoms with Crippen LogP contribution in [-0.4, -0.2) is 0 Å². The van der Waals surface area contributed by atoms with Crippen molar-refractivity contribution in [2.24, 2.45) is 0 Å². The summed E-state index contributed by atoms with van der Waals surface area (Å²) in [6, 6.07) is 0. The van der Waals surface area contributed by atoms with Crippen molar-refractivity contribution in [2.75, 3.05) is 0 Å². The van der Waals surface area contributed by atoms with Gasteiger partial charge < -0.3 is 0 Å². The van der Waals surface area contributed by atoms with Crippen LogP contribution in [0, 0.1) is 0 Å². The average Bonchev–Trinajstić information content (AvgIpc) is 3.02. The van der Waals surface area contributed by atoms with Gasteiger partial charge >= 0.3 is 101 Å². The SMILES string of the molecule is C1=CC[C]([Cr]([C]2=CC=CC2)[C]2=CC=CC2)=C1. The standard InChI is InChI=1S/3C5H5.Cr/c3*1-2-4-5-3-1;/h3*1-3H,4H2;. The van der Waals surface area contributed by atoms with Crippen molar-refractivity contribution in [1.82, 2.24) is 0 Å². The van der Waals surface area contributed by atoms with E-state index in [0.717, 1.165) is 0 Å². The minimum absolute atomic E-state index is 0.840. The average molecular weight is 247 g/mol. The van der Waals surface area contributed by atoms with E-state index >= 15 is 0 Å². The second kappa shape index (κ2) is 4.46. The quantitative estimate of drug-likeness (QED) is 0.703. The second-order valence-corrected chi connectivity index (χ2v) is 7.51. The molecule has 0 spiro atoms. The molecule has 0 saturated carbocycles. The predicted octanol–water partition coefficient (Wildman–Crippen LogP) is 4.14. The Hall–Kier alpha value is -1.03. The van der Waals surface area contributed by atoms with Gasteiger partial charge in [0.2, 0.25) is 0 Å². The van der Waals surface area contributed by atoms with Crippen LogP contribution in [0.25, 0.3) is 0 Å². The first-order valence-corrected chi connectivity index (χ1v) is 7.68. The number of rotatable bonds is 3. The molecule has 0 saturated heterocycles. The summed E-state index contributed by atoms with van der Waals surface area (Å²) in [5.74, 6) is 0. The van der Waals surface area contributed by atoms with E-state index in [1.165, 1.54) is 19.3 Å². The molecule has 3 aliphatic rings. The van der Waals surface area contributed by atoms with Crippen LogP contribution >= 0.6 is 0 Å². The topological polar surface area (TPSA) is 0 Å². The third kappa shape index (κ3) is 1.82. The molecule has 0 atom stereocenters. The van der Waals surface area contributed by atoms with Gasteiger partial charge in [0.15, 0.2) is 0 Å². The number of allylic oxidation sites excluding steroid dienone is 12. The Bertz CT molecular complexity index is 398. The Morgan fingerprint density at radius 3 is 1.25 bits per heavy atom. The Kier molecular flexibility index (Phi) is 2.83. The molecule has 3 aliphatic carbocycles. The van der Waals surface area contributed by atoms with Gasteiger partial charge in [-0.05, 0) is 0 Å². The molecular weight excluding hydrogens is 232 g/mol. The van der Waals surface area contributed by atoms with E-state index in [2.05, 4.69) is 54.7 Å². The van der Waals surface area contributed by atoms with Gasteiger partial charge in [0.1, 0.15) is 0 Å². The van der Waals surface area contributed by atoms with Gasteiger partial charge in [-0.2, -0.15) is 0 Å². The second-order valence-electron chi connectivity index (χ2n) is 4.10. The van der Waals surface area contributed by atoms with Crippen molar-refractivity contribution in [3.05, 3.63) is 68.0 Å². The van der Waals surface area contributed by atoms with E-state index < -0.39 is 14.1 Å². The fourth-order valence-corrected chi connectivity index (χ4v) is 6.06. The van der Waals surface area contributed by atoms with Crippen molar-refractivity contribution in [3.63, 3.8) is 0 Å². The number of hydrogen-bond donors (Lipinski definition) is 0. The van der Waals surface area contributed by atoms with Crippen LogP contribution in [0.3, 0.4) is 0 Å². The van der Waals surface area contributed by atoms with E-state index in [1.54, 1.807) is 13.3 Å². The van der Waals surface area contributed by atoms with Crippen LogP contribution < -0.4 is 0 Å². The van der Waals surface area contributed by atoms with Crippen molar-refractivity contribution in [1.29, 1.82) is 0 Å². The summed E-state index contributed by atoms with van der Waals surface area (Å²) in [7, 11) is 0. The first kappa shape index (κ1) is 10.1. The van der Waals surface area contributed by atoms with Gasteiger partial charge in [0, 0.05) is 0 Å². The molecule has 0 bridgehead atoms. The molecule has 0 N–H and O–H groups in total. The third-order valence-corrected chi connectivity index (χ3v) is 6.87. The van der Waals surface area contributed by atoms with E-state index in [0.29, 0.717) is 0 Å². The molecule has 0 aromatic carbocycles. The molecule has 16 heavy (non-hydrogen) atoms. The van der Waals surface area contributed by atoms with E-state index in [1.807, 2.05) is 0 Å². The molecule has 0 fully saturated rings. The maximum atomic E-state index is 2.35. The monoisotopic (exact) mass is 247 g/mol. The minimum atomic E-state index is -0.840. The molecule has 0 nitrogen and oxygen atoms in total. The summed E-state index contributed by atoms with van der Waals surface area (Å²) in [6.07, 6.45) is 24.1. The summed E-state index contributed by atoms with van der Waals surface area (Å²) in [4.78, 5) is 0. The summed E-state index contributed by atoms with van der Waals surface area (Å²) >= 11 is -0.840. The van der Waals surface area contributed by atoms with E-state index in [-0.39, 0.29) is 0 Å². The molecule has 81 valence electrons. The van der Waals surface area contributed by atoms with Crippen LogP contribution in [-0.2, 0) is 14.1 Å². The molecule has 3 rings (SSSR count). The third-order valence-electron chi connectivity index (χ3n) is 3.00. The van der Waals surface area contributed by atoms with Crippen molar-refractivity contribution in [2.45, 2.75) is 19.3 Å². The van der Waals surface area contributed by atoms with Crippen LogP contribution in [0.15, 0.2) is 68.0 Å². The summed E-state index contributed by atoms with van der Waals surface area (Å²) in [5.41, 5.74) is 0. The van der Waals surface area contributed by atoms with Crippen LogP contribution in [0.5, 0.6) is 0 Å². The van der Waals surface area contributed by atoms with Gasteiger partial charge in [-0.15, -0.1) is 0 Å². The fourth-order valence-electron chi connectivity index (χ4n) is 2.24. The molecule has 0 heterocycles. The van der Waals surface area contributed by atoms with Gasteiger partial charge in [-0.1, -0.05) is 0 Å². The summed E-state index contributed by atoms with van der Waals surface area (Å²) in [5, 5.41) is 0. The van der Waals surface area contributed by atoms with E-state index in [9.17, 15) is 0 Å². The van der Waals surface area contributed by atoms with Crippen LogP contribution in [0.4, 0.5) is 0 Å². The molecule has 0 aromatic rings. The van der Waals surface area contributed by atoms with Crippen molar-refractivity contribution in [3.8, 4) is 0 Å². The predicted molar refractivity (Wildman–Crippen MR) is 65.5 cm³/mol. The molecular formula is C15H15Cr. The zero-order chi connectivity index (χ0) is 10.8. The molecule has 0 unspecified atom stereocenters. The normalized spacial score (nSPS) is 21.9. The Morgan fingerprint density at radius 2 is 1.00 bits per heavy atom. The van der Waals surface area contributed by atoms with Crippen LogP contribution in [0.2, 0.25) is 0 Å². The molecule has 0 radical (unpaired) electrons. The summed E-state index contributed by atoms with van der Waals surface area (Å²) < 4.78 is 5.06. The first-order chi connectivity index (χ1) is 7.95. The van der Waals surface area contributed by atoms with Gasteiger partial charge in [0.05, 0.1) is 0 Å². The van der Waals surface area contributed by atoms with Gasteiger partial charge in [-0.3, -0.25) is 0 Å². The van der Waals surface area contributed by atoms with Gasteiger partial charge in [-0.25, -0.2) is 0 Å². The molecule has 0 amide bonds. The fraction of sp³-hybridized carbons (Fsp3) is 0.200. The van der Waals surface area contributed by atoms with Crippen molar-refractivity contribution >= 4 is 0 Å². The van der Waals surface area contributed by atoms with E-state index in [4.69, 9.17) is 0 Å². The Balaban J connectivity index is 1.89. The summed E-state index contributed by atoms with van der Waals surface area (Å²) in [6.45, 7) is 0. The maximum absolute atomic E-state index is 2.35. The molecule has 0 aliphatic heterocycles. The molecule has 0 aromatic heterocycles. The van der Waals surface area contributed by atoms with Gasteiger partial charge in [0.25, 0.3) is 0 Å². The van der Waals surface area contributed by atoms with Crippen LogP contribution in [0.1, 0.15) is 19.3 Å². The zero-order valence-corrected chi connectivity index (χ0v) is 10.5.